The van der Waals surface area contributed by atoms with Gasteiger partial charge in [0.2, 0.25) is 5.91 Å². The Bertz CT molecular complexity index is 1100. The summed E-state index contributed by atoms with van der Waals surface area (Å²) in [6.45, 7) is 0.265. The van der Waals surface area contributed by atoms with Crippen LogP contribution in [0.1, 0.15) is 49.1 Å². The van der Waals surface area contributed by atoms with Gasteiger partial charge in [0.05, 0.1) is 6.54 Å². The van der Waals surface area contributed by atoms with Crippen molar-refractivity contribution in [1.82, 2.24) is 10.2 Å². The van der Waals surface area contributed by atoms with E-state index in [4.69, 9.17) is 4.74 Å². The lowest BCUT2D eigenvalue weighted by molar-refractivity contribution is -0.157. The van der Waals surface area contributed by atoms with Gasteiger partial charge in [0.25, 0.3) is 0 Å². The van der Waals surface area contributed by atoms with Crippen LogP contribution in [0, 0.1) is 5.92 Å². The SMILES string of the molecule is O=C(NC1CCCC(C(=O)N2CCC(O)(C(=O)O)C2)C1)OCC1c2ccccc2-c2ccccc21. The number of aliphatic hydroxyl groups is 1. The molecule has 0 radical (unpaired) electrons. The molecule has 3 atom stereocenters. The lowest BCUT2D eigenvalue weighted by Crippen LogP contribution is -2.46. The number of likely N-dealkylation sites (tertiary alicyclic amines) is 1. The summed E-state index contributed by atoms with van der Waals surface area (Å²) in [5.41, 5.74) is 2.77. The molecule has 35 heavy (non-hydrogen) atoms. The molecule has 2 fully saturated rings. The van der Waals surface area contributed by atoms with Gasteiger partial charge in [-0.1, -0.05) is 55.0 Å². The topological polar surface area (TPSA) is 116 Å². The van der Waals surface area contributed by atoms with Crippen LogP contribution >= 0.6 is 0 Å². The molecule has 2 aromatic rings. The van der Waals surface area contributed by atoms with Crippen molar-refractivity contribution in [2.75, 3.05) is 19.7 Å². The van der Waals surface area contributed by atoms with Crippen molar-refractivity contribution >= 4 is 18.0 Å². The number of β-amino-alcohol motifs (C(OH)–C–C–N with tert-alkyl or cyclic N) is 1. The van der Waals surface area contributed by atoms with Crippen LogP contribution in [0.25, 0.3) is 11.1 Å². The highest BCUT2D eigenvalue weighted by atomic mass is 16.5. The van der Waals surface area contributed by atoms with Crippen molar-refractivity contribution in [3.05, 3.63) is 59.7 Å². The van der Waals surface area contributed by atoms with Gasteiger partial charge >= 0.3 is 12.1 Å². The Morgan fingerprint density at radius 3 is 2.31 bits per heavy atom. The molecule has 0 aromatic heterocycles. The number of aliphatic carboxylic acids is 1. The summed E-state index contributed by atoms with van der Waals surface area (Å²) in [6.07, 6.45) is 2.23. The third-order valence-electron chi connectivity index (χ3n) is 7.65. The lowest BCUT2D eigenvalue weighted by Gasteiger charge is -2.31. The molecule has 2 amide bonds. The predicted molar refractivity (Wildman–Crippen MR) is 128 cm³/mol. The number of nitrogens with one attached hydrogen (secondary N) is 1. The standard InChI is InChI=1S/C27H30N2O6/c30-24(29-13-12-27(34,16-29)25(31)32)17-6-5-7-18(14-17)28-26(33)35-15-23-21-10-3-1-8-19(21)20-9-2-4-11-22(20)23/h1-4,8-11,17-18,23,34H,5-7,12-16H2,(H,28,33)(H,31,32). The smallest absolute Gasteiger partial charge is 0.407 e. The molecule has 184 valence electrons. The van der Waals surface area contributed by atoms with Crippen LogP contribution < -0.4 is 5.32 Å². The molecule has 8 nitrogen and oxygen atoms in total. The van der Waals surface area contributed by atoms with E-state index < -0.39 is 17.7 Å². The van der Waals surface area contributed by atoms with E-state index in [0.717, 1.165) is 24.0 Å². The summed E-state index contributed by atoms with van der Waals surface area (Å²) < 4.78 is 5.65. The molecule has 3 unspecified atom stereocenters. The maximum absolute atomic E-state index is 13.0. The minimum atomic E-state index is -1.87. The fourth-order valence-corrected chi connectivity index (χ4v) is 5.77. The zero-order valence-electron chi connectivity index (χ0n) is 19.5. The van der Waals surface area contributed by atoms with Crippen molar-refractivity contribution in [3.8, 4) is 11.1 Å². The largest absolute Gasteiger partial charge is 0.479 e. The van der Waals surface area contributed by atoms with Gasteiger partial charge in [-0.05, 0) is 41.5 Å². The van der Waals surface area contributed by atoms with E-state index in [1.54, 1.807) is 0 Å². The fraction of sp³-hybridized carbons (Fsp3) is 0.444. The number of amides is 2. The van der Waals surface area contributed by atoms with Gasteiger partial charge in [0, 0.05) is 30.8 Å². The molecule has 0 spiro atoms. The molecular weight excluding hydrogens is 448 g/mol. The van der Waals surface area contributed by atoms with E-state index in [1.165, 1.54) is 16.0 Å². The van der Waals surface area contributed by atoms with Crippen LogP contribution in [-0.4, -0.2) is 64.4 Å². The molecule has 2 aromatic carbocycles. The van der Waals surface area contributed by atoms with Gasteiger partial charge in [-0.25, -0.2) is 9.59 Å². The second-order valence-corrected chi connectivity index (χ2v) is 9.88. The monoisotopic (exact) mass is 478 g/mol. The van der Waals surface area contributed by atoms with E-state index in [2.05, 4.69) is 29.6 Å². The minimum absolute atomic E-state index is 0.0167. The van der Waals surface area contributed by atoms with Crippen LogP contribution in [-0.2, 0) is 14.3 Å². The maximum atomic E-state index is 13.0. The van der Waals surface area contributed by atoms with Crippen molar-refractivity contribution in [2.45, 2.75) is 49.7 Å². The summed E-state index contributed by atoms with van der Waals surface area (Å²) in [7, 11) is 0. The predicted octanol–water partition coefficient (Wildman–Crippen LogP) is 3.13. The van der Waals surface area contributed by atoms with Crippen molar-refractivity contribution in [3.63, 3.8) is 0 Å². The Morgan fingerprint density at radius 1 is 1.03 bits per heavy atom. The number of fused-ring (bicyclic) bond motifs is 3. The second kappa shape index (κ2) is 9.34. The average molecular weight is 479 g/mol. The lowest BCUT2D eigenvalue weighted by atomic mass is 9.85. The molecule has 1 heterocycles. The number of rotatable bonds is 5. The number of hydrogen-bond acceptors (Lipinski definition) is 5. The van der Waals surface area contributed by atoms with Crippen LogP contribution in [0.15, 0.2) is 48.5 Å². The number of carboxylic acid groups (broad SMARTS) is 1. The third-order valence-corrected chi connectivity index (χ3v) is 7.65. The Labute approximate surface area is 203 Å². The first-order valence-electron chi connectivity index (χ1n) is 12.2. The Kier molecular flexibility index (Phi) is 6.23. The molecule has 3 N–H and O–H groups in total. The second-order valence-electron chi connectivity index (χ2n) is 9.88. The average Bonchev–Trinajstić information content (AvgIpc) is 3.42. The first-order chi connectivity index (χ1) is 16.9. The van der Waals surface area contributed by atoms with Gasteiger partial charge in [-0.2, -0.15) is 0 Å². The van der Waals surface area contributed by atoms with E-state index in [9.17, 15) is 24.6 Å². The van der Waals surface area contributed by atoms with Crippen LogP contribution in [0.5, 0.6) is 0 Å². The van der Waals surface area contributed by atoms with Gasteiger partial charge in [0.15, 0.2) is 5.60 Å². The Morgan fingerprint density at radius 2 is 1.69 bits per heavy atom. The van der Waals surface area contributed by atoms with Crippen molar-refractivity contribution in [1.29, 1.82) is 0 Å². The van der Waals surface area contributed by atoms with Crippen LogP contribution in [0.2, 0.25) is 0 Å². The van der Waals surface area contributed by atoms with E-state index >= 15 is 0 Å². The Balaban J connectivity index is 1.16. The number of nitrogens with zero attached hydrogens (tertiary/aromatic N) is 1. The zero-order chi connectivity index (χ0) is 24.6. The summed E-state index contributed by atoms with van der Waals surface area (Å²) >= 11 is 0. The maximum Gasteiger partial charge on any atom is 0.407 e. The number of ether oxygens (including phenoxy) is 1. The highest BCUT2D eigenvalue weighted by Crippen LogP contribution is 2.44. The number of hydrogen-bond donors (Lipinski definition) is 3. The molecule has 3 aliphatic rings. The molecular formula is C27H30N2O6. The van der Waals surface area contributed by atoms with Crippen LogP contribution in [0.4, 0.5) is 4.79 Å². The quantitative estimate of drug-likeness (QED) is 0.608. The third kappa shape index (κ3) is 4.50. The molecule has 1 aliphatic heterocycles. The summed E-state index contributed by atoms with van der Waals surface area (Å²) in [5.74, 6) is -1.77. The first kappa shape index (κ1) is 23.4. The number of carboxylic acids is 1. The molecule has 1 saturated heterocycles. The summed E-state index contributed by atoms with van der Waals surface area (Å²) in [4.78, 5) is 38.3. The number of benzene rings is 2. The minimum Gasteiger partial charge on any atom is -0.479 e. The highest BCUT2D eigenvalue weighted by Gasteiger charge is 2.46. The molecule has 2 aliphatic carbocycles. The fourth-order valence-electron chi connectivity index (χ4n) is 5.77. The summed E-state index contributed by atoms with van der Waals surface area (Å²) in [6, 6.07) is 16.1. The summed E-state index contributed by atoms with van der Waals surface area (Å²) in [5, 5.41) is 22.3. The van der Waals surface area contributed by atoms with Gasteiger partial charge in [-0.3, -0.25) is 4.79 Å². The molecule has 1 saturated carbocycles. The normalized spacial score (nSPS) is 25.6. The zero-order valence-corrected chi connectivity index (χ0v) is 19.5. The van der Waals surface area contributed by atoms with Crippen molar-refractivity contribution in [2.24, 2.45) is 5.92 Å². The Hall–Kier alpha value is -3.39. The van der Waals surface area contributed by atoms with Gasteiger partial charge in [0.1, 0.15) is 6.61 Å². The van der Waals surface area contributed by atoms with Crippen LogP contribution in [0.3, 0.4) is 0 Å². The van der Waals surface area contributed by atoms with Gasteiger partial charge in [-0.15, -0.1) is 0 Å². The number of alkyl carbamates (subject to hydrolysis) is 1. The number of carbonyl (C=O) groups excluding carboxylic acids is 2. The molecule has 0 bridgehead atoms. The van der Waals surface area contributed by atoms with E-state index in [0.29, 0.717) is 12.8 Å². The number of carbonyl (C=O) groups is 3. The van der Waals surface area contributed by atoms with E-state index in [1.807, 2.05) is 24.3 Å². The van der Waals surface area contributed by atoms with E-state index in [-0.39, 0.29) is 49.9 Å². The first-order valence-corrected chi connectivity index (χ1v) is 12.2. The van der Waals surface area contributed by atoms with Crippen molar-refractivity contribution < 1.29 is 29.3 Å². The molecule has 8 heteroatoms. The highest BCUT2D eigenvalue weighted by molar-refractivity contribution is 5.83. The van der Waals surface area contributed by atoms with Gasteiger partial charge < -0.3 is 25.2 Å². The molecule has 5 rings (SSSR count).